The molecule has 0 radical (unpaired) electrons. The summed E-state index contributed by atoms with van der Waals surface area (Å²) >= 11 is 1.44. The number of nitrogens with one attached hydrogen (secondary N) is 1. The number of allylic oxidation sites excluding steroid dienone is 2. The smallest absolute Gasteiger partial charge is 0.233 e. The summed E-state index contributed by atoms with van der Waals surface area (Å²) < 4.78 is 2.95. The molecule has 0 atom stereocenters. The SMILES string of the molecule is C=C/C=C(\N=C)c1ccnc(NSC)n1. The van der Waals surface area contributed by atoms with E-state index in [0.717, 1.165) is 5.69 Å². The molecule has 1 rings (SSSR count). The summed E-state index contributed by atoms with van der Waals surface area (Å²) in [6.07, 6.45) is 6.97. The summed E-state index contributed by atoms with van der Waals surface area (Å²) in [7, 11) is 0. The Kier molecular flexibility index (Phi) is 4.56. The van der Waals surface area contributed by atoms with E-state index >= 15 is 0 Å². The number of nitrogens with zero attached hydrogens (tertiary/aromatic N) is 3. The Labute approximate surface area is 93.4 Å². The molecule has 1 heterocycles. The molecule has 0 saturated carbocycles. The first-order valence-electron chi connectivity index (χ1n) is 4.23. The Morgan fingerprint density at radius 2 is 2.47 bits per heavy atom. The van der Waals surface area contributed by atoms with Gasteiger partial charge in [-0.05, 0) is 18.9 Å². The molecule has 0 fully saturated rings. The average Bonchev–Trinajstić information content (AvgIpc) is 2.27. The van der Waals surface area contributed by atoms with Crippen molar-refractivity contribution in [3.05, 3.63) is 36.7 Å². The van der Waals surface area contributed by atoms with Crippen molar-refractivity contribution >= 4 is 30.3 Å². The average molecular weight is 220 g/mol. The minimum Gasteiger partial charge on any atom is -0.298 e. The topological polar surface area (TPSA) is 50.2 Å². The van der Waals surface area contributed by atoms with Crippen LogP contribution in [0.25, 0.3) is 5.70 Å². The van der Waals surface area contributed by atoms with Crippen molar-refractivity contribution in [2.24, 2.45) is 4.99 Å². The highest BCUT2D eigenvalue weighted by Gasteiger charge is 2.01. The lowest BCUT2D eigenvalue weighted by atomic mass is 10.3. The van der Waals surface area contributed by atoms with E-state index < -0.39 is 0 Å². The molecule has 0 saturated heterocycles. The molecule has 0 aromatic carbocycles. The van der Waals surface area contributed by atoms with Crippen LogP contribution in [0.4, 0.5) is 5.95 Å². The van der Waals surface area contributed by atoms with Crippen LogP contribution >= 0.6 is 11.9 Å². The normalized spacial score (nSPS) is 10.9. The van der Waals surface area contributed by atoms with Crippen LogP contribution in [-0.4, -0.2) is 22.9 Å². The third kappa shape index (κ3) is 3.21. The van der Waals surface area contributed by atoms with Gasteiger partial charge in [0, 0.05) is 12.5 Å². The quantitative estimate of drug-likeness (QED) is 0.470. The second-order valence-electron chi connectivity index (χ2n) is 2.52. The molecule has 4 nitrogen and oxygen atoms in total. The predicted octanol–water partition coefficient (Wildman–Crippen LogP) is 2.39. The molecule has 1 aromatic heterocycles. The van der Waals surface area contributed by atoms with Crippen molar-refractivity contribution in [3.63, 3.8) is 0 Å². The van der Waals surface area contributed by atoms with Gasteiger partial charge in [-0.1, -0.05) is 24.6 Å². The fraction of sp³-hybridized carbons (Fsp3) is 0.100. The first kappa shape index (κ1) is 11.5. The maximum atomic E-state index is 4.26. The summed E-state index contributed by atoms with van der Waals surface area (Å²) in [6, 6.07) is 1.77. The summed E-state index contributed by atoms with van der Waals surface area (Å²) in [5.74, 6) is 0.554. The Morgan fingerprint density at radius 1 is 1.67 bits per heavy atom. The van der Waals surface area contributed by atoms with Crippen molar-refractivity contribution < 1.29 is 0 Å². The summed E-state index contributed by atoms with van der Waals surface area (Å²) in [4.78, 5) is 12.2. The van der Waals surface area contributed by atoms with Gasteiger partial charge in [0.15, 0.2) is 0 Å². The number of aromatic nitrogens is 2. The first-order valence-corrected chi connectivity index (χ1v) is 5.46. The summed E-state index contributed by atoms with van der Waals surface area (Å²) in [5, 5.41) is 0. The third-order valence-electron chi connectivity index (χ3n) is 1.56. The Bertz CT molecular complexity index is 387. The van der Waals surface area contributed by atoms with Crippen molar-refractivity contribution in [2.75, 3.05) is 11.0 Å². The minimum absolute atomic E-state index is 0.554. The van der Waals surface area contributed by atoms with Gasteiger partial charge in [-0.2, -0.15) is 0 Å². The summed E-state index contributed by atoms with van der Waals surface area (Å²) in [5.41, 5.74) is 1.40. The van der Waals surface area contributed by atoms with E-state index in [1.165, 1.54) is 11.9 Å². The van der Waals surface area contributed by atoms with Crippen LogP contribution < -0.4 is 4.72 Å². The van der Waals surface area contributed by atoms with Gasteiger partial charge in [0.1, 0.15) is 0 Å². The van der Waals surface area contributed by atoms with Gasteiger partial charge >= 0.3 is 0 Å². The van der Waals surface area contributed by atoms with E-state index in [1.807, 2.05) is 6.26 Å². The van der Waals surface area contributed by atoms with Gasteiger partial charge in [-0.3, -0.25) is 9.71 Å². The van der Waals surface area contributed by atoms with E-state index in [9.17, 15) is 0 Å². The second-order valence-corrected chi connectivity index (χ2v) is 3.13. The monoisotopic (exact) mass is 220 g/mol. The molecule has 0 spiro atoms. The molecule has 0 amide bonds. The molecule has 0 aliphatic carbocycles. The fourth-order valence-corrected chi connectivity index (χ4v) is 1.25. The van der Waals surface area contributed by atoms with E-state index in [2.05, 4.69) is 33.0 Å². The second kappa shape index (κ2) is 5.98. The van der Waals surface area contributed by atoms with Crippen LogP contribution in [0.5, 0.6) is 0 Å². The highest BCUT2D eigenvalue weighted by Crippen LogP contribution is 2.14. The van der Waals surface area contributed by atoms with Crippen LogP contribution in [0.15, 0.2) is 36.0 Å². The van der Waals surface area contributed by atoms with E-state index in [-0.39, 0.29) is 0 Å². The lowest BCUT2D eigenvalue weighted by Gasteiger charge is -2.03. The molecule has 78 valence electrons. The van der Waals surface area contributed by atoms with Gasteiger partial charge in [0.25, 0.3) is 0 Å². The zero-order valence-electron chi connectivity index (χ0n) is 8.47. The van der Waals surface area contributed by atoms with Gasteiger partial charge in [0.2, 0.25) is 5.95 Å². The molecule has 1 aromatic rings. The van der Waals surface area contributed by atoms with Gasteiger partial charge < -0.3 is 0 Å². The van der Waals surface area contributed by atoms with E-state index in [1.54, 1.807) is 24.4 Å². The molecule has 1 N–H and O–H groups in total. The molecule has 5 heteroatoms. The molecular formula is C10H12N4S. The van der Waals surface area contributed by atoms with E-state index in [4.69, 9.17) is 0 Å². The van der Waals surface area contributed by atoms with Crippen LogP contribution in [-0.2, 0) is 0 Å². The number of hydrogen-bond donors (Lipinski definition) is 1. The highest BCUT2D eigenvalue weighted by molar-refractivity contribution is 7.99. The fourth-order valence-electron chi connectivity index (χ4n) is 0.973. The van der Waals surface area contributed by atoms with Crippen LogP contribution in [0.3, 0.4) is 0 Å². The molecular weight excluding hydrogens is 208 g/mol. The summed E-state index contributed by atoms with van der Waals surface area (Å²) in [6.45, 7) is 7.08. The first-order chi connectivity index (χ1) is 7.31. The maximum Gasteiger partial charge on any atom is 0.233 e. The third-order valence-corrected chi connectivity index (χ3v) is 1.94. The number of hydrogen-bond acceptors (Lipinski definition) is 5. The zero-order valence-corrected chi connectivity index (χ0v) is 9.29. The van der Waals surface area contributed by atoms with Crippen molar-refractivity contribution in [2.45, 2.75) is 0 Å². The van der Waals surface area contributed by atoms with Gasteiger partial charge in [-0.15, -0.1) is 0 Å². The number of anilines is 1. The van der Waals surface area contributed by atoms with Gasteiger partial charge in [0.05, 0.1) is 11.4 Å². The van der Waals surface area contributed by atoms with Gasteiger partial charge in [-0.25, -0.2) is 9.97 Å². The van der Waals surface area contributed by atoms with Crippen molar-refractivity contribution in [3.8, 4) is 0 Å². The Balaban J connectivity index is 3.02. The number of rotatable bonds is 5. The number of aliphatic imine (C=N–C) groups is 1. The molecule has 15 heavy (non-hydrogen) atoms. The molecule has 0 aliphatic heterocycles. The lowest BCUT2D eigenvalue weighted by Crippen LogP contribution is -1.96. The van der Waals surface area contributed by atoms with Crippen molar-refractivity contribution in [1.82, 2.24) is 9.97 Å². The molecule has 0 unspecified atom stereocenters. The molecule has 0 aliphatic rings. The van der Waals surface area contributed by atoms with Crippen LogP contribution in [0.1, 0.15) is 5.69 Å². The highest BCUT2D eigenvalue weighted by atomic mass is 32.2. The molecule has 0 bridgehead atoms. The van der Waals surface area contributed by atoms with Crippen LogP contribution in [0, 0.1) is 0 Å². The van der Waals surface area contributed by atoms with Crippen molar-refractivity contribution in [1.29, 1.82) is 0 Å². The largest absolute Gasteiger partial charge is 0.298 e. The lowest BCUT2D eigenvalue weighted by molar-refractivity contribution is 1.15. The van der Waals surface area contributed by atoms with E-state index in [0.29, 0.717) is 11.6 Å². The zero-order chi connectivity index (χ0) is 11.1. The van der Waals surface area contributed by atoms with Crippen LogP contribution in [0.2, 0.25) is 0 Å². The maximum absolute atomic E-state index is 4.26. The standard InChI is InChI=1S/C10H12N4S/c1-4-5-8(11-2)9-6-7-12-10(13-9)14-15-3/h4-7H,1-2H2,3H3,(H,12,13,14)/b8-5-. The predicted molar refractivity (Wildman–Crippen MR) is 66.9 cm³/mol. The Morgan fingerprint density at radius 3 is 3.07 bits per heavy atom. The Hall–Kier alpha value is -1.62. The minimum atomic E-state index is 0.554.